The minimum absolute atomic E-state index is 0.00815. The van der Waals surface area contributed by atoms with E-state index in [1.807, 2.05) is 12.1 Å². The third-order valence-corrected chi connectivity index (χ3v) is 3.62. The molecule has 0 atom stereocenters. The number of para-hydroxylation sites is 2. The first-order valence-corrected chi connectivity index (χ1v) is 7.59. The number of anilines is 2. The zero-order valence-corrected chi connectivity index (χ0v) is 13.1. The first-order chi connectivity index (χ1) is 12.1. The number of ketones is 4. The zero-order chi connectivity index (χ0) is 17.8. The van der Waals surface area contributed by atoms with Gasteiger partial charge in [-0.2, -0.15) is 0 Å². The van der Waals surface area contributed by atoms with Crippen molar-refractivity contribution in [1.29, 1.82) is 0 Å². The highest BCUT2D eigenvalue weighted by molar-refractivity contribution is 6.67. The van der Waals surface area contributed by atoms with E-state index in [1.165, 1.54) is 0 Å². The third kappa shape index (κ3) is 3.53. The molecule has 2 N–H and O–H groups in total. The second-order valence-corrected chi connectivity index (χ2v) is 5.41. The number of carbonyl (C=O) groups is 4. The van der Waals surface area contributed by atoms with Gasteiger partial charge in [0.25, 0.3) is 0 Å². The number of nitrogens with one attached hydrogen (secondary N) is 2. The van der Waals surface area contributed by atoms with Crippen LogP contribution in [-0.2, 0) is 19.2 Å². The van der Waals surface area contributed by atoms with E-state index in [1.54, 1.807) is 48.5 Å². The van der Waals surface area contributed by atoms with Crippen LogP contribution in [0.5, 0.6) is 0 Å². The highest BCUT2D eigenvalue weighted by Crippen LogP contribution is 2.20. The van der Waals surface area contributed by atoms with Gasteiger partial charge in [-0.15, -0.1) is 0 Å². The summed E-state index contributed by atoms with van der Waals surface area (Å²) >= 11 is 0. The average molecular weight is 334 g/mol. The summed E-state index contributed by atoms with van der Waals surface area (Å²) in [7, 11) is 0. The van der Waals surface area contributed by atoms with Crippen LogP contribution in [0.15, 0.2) is 72.1 Å². The number of allylic oxidation sites excluding steroid dienone is 1. The van der Waals surface area contributed by atoms with Crippen LogP contribution in [0.3, 0.4) is 0 Å². The van der Waals surface area contributed by atoms with Gasteiger partial charge in [0, 0.05) is 11.4 Å². The van der Waals surface area contributed by atoms with Crippen LogP contribution in [0.4, 0.5) is 11.4 Å². The molecule has 25 heavy (non-hydrogen) atoms. The lowest BCUT2D eigenvalue weighted by molar-refractivity contribution is -0.144. The van der Waals surface area contributed by atoms with Gasteiger partial charge in [-0.05, 0) is 24.3 Å². The molecule has 0 amide bonds. The second-order valence-electron chi connectivity index (χ2n) is 5.41. The molecule has 0 radical (unpaired) electrons. The van der Waals surface area contributed by atoms with Crippen LogP contribution in [0.25, 0.3) is 0 Å². The molecule has 1 fully saturated rings. The largest absolute Gasteiger partial charge is 0.341 e. The molecule has 0 heterocycles. The maximum Gasteiger partial charge on any atom is 0.236 e. The molecular formula is C19H14N2O4. The second kappa shape index (κ2) is 6.92. The van der Waals surface area contributed by atoms with Crippen LogP contribution >= 0.6 is 0 Å². The fraction of sp³-hybridized carbons (Fsp3) is 0.0526. The van der Waals surface area contributed by atoms with Crippen molar-refractivity contribution in [3.8, 4) is 0 Å². The number of hydrogen-bond acceptors (Lipinski definition) is 6. The van der Waals surface area contributed by atoms with Gasteiger partial charge in [-0.3, -0.25) is 19.2 Å². The van der Waals surface area contributed by atoms with Crippen molar-refractivity contribution in [2.75, 3.05) is 10.6 Å². The van der Waals surface area contributed by atoms with E-state index in [2.05, 4.69) is 10.6 Å². The Labute approximate surface area is 143 Å². The van der Waals surface area contributed by atoms with Gasteiger partial charge in [0.1, 0.15) is 11.4 Å². The summed E-state index contributed by atoms with van der Waals surface area (Å²) in [5.41, 5.74) is 0.730. The van der Waals surface area contributed by atoms with Gasteiger partial charge in [-0.25, -0.2) is 0 Å². The summed E-state index contributed by atoms with van der Waals surface area (Å²) in [6.07, 6.45) is -0.675. The Morgan fingerprint density at radius 3 is 1.44 bits per heavy atom. The van der Waals surface area contributed by atoms with Crippen LogP contribution in [0.1, 0.15) is 6.42 Å². The first-order valence-electron chi connectivity index (χ1n) is 7.59. The van der Waals surface area contributed by atoms with E-state index in [4.69, 9.17) is 0 Å². The van der Waals surface area contributed by atoms with E-state index < -0.39 is 35.1 Å². The normalized spacial score (nSPS) is 14.5. The Morgan fingerprint density at radius 2 is 1.04 bits per heavy atom. The van der Waals surface area contributed by atoms with Crippen LogP contribution in [0.2, 0.25) is 0 Å². The zero-order valence-electron chi connectivity index (χ0n) is 13.1. The number of benzene rings is 2. The fourth-order valence-corrected chi connectivity index (χ4v) is 2.40. The minimum atomic E-state index is -0.966. The van der Waals surface area contributed by atoms with Gasteiger partial charge >= 0.3 is 0 Å². The molecule has 0 bridgehead atoms. The smallest absolute Gasteiger partial charge is 0.236 e. The maximum atomic E-state index is 12.2. The number of hydrogen-bond donors (Lipinski definition) is 2. The highest BCUT2D eigenvalue weighted by Gasteiger charge is 2.39. The Morgan fingerprint density at radius 1 is 0.640 bits per heavy atom. The van der Waals surface area contributed by atoms with Crippen molar-refractivity contribution in [3.63, 3.8) is 0 Å². The summed E-state index contributed by atoms with van der Waals surface area (Å²) in [4.78, 5) is 48.0. The molecule has 0 aromatic heterocycles. The number of carbonyl (C=O) groups excluding carboxylic acids is 4. The lowest BCUT2D eigenvalue weighted by Crippen LogP contribution is -2.38. The molecular weight excluding hydrogens is 320 g/mol. The molecule has 0 saturated heterocycles. The Hall–Kier alpha value is -3.54. The molecule has 124 valence electrons. The standard InChI is InChI=1S/C19H14N2O4/c22-14-11-15(23)18(25)16(17(14)24)19(20-12-7-3-1-4-8-12)21-13-9-5-2-6-10-13/h1-10,20-21H,11H2. The summed E-state index contributed by atoms with van der Waals surface area (Å²) in [6.45, 7) is 0. The Kier molecular flexibility index (Phi) is 4.52. The third-order valence-electron chi connectivity index (χ3n) is 3.62. The quantitative estimate of drug-likeness (QED) is 0.385. The molecule has 1 saturated carbocycles. The maximum absolute atomic E-state index is 12.2. The van der Waals surface area contributed by atoms with Gasteiger partial charge in [-0.1, -0.05) is 36.4 Å². The molecule has 0 unspecified atom stereocenters. The fourth-order valence-electron chi connectivity index (χ4n) is 2.40. The topological polar surface area (TPSA) is 92.3 Å². The van der Waals surface area contributed by atoms with E-state index in [-0.39, 0.29) is 5.82 Å². The van der Waals surface area contributed by atoms with Gasteiger partial charge in [0.05, 0.1) is 6.42 Å². The highest BCUT2D eigenvalue weighted by atomic mass is 16.2. The molecule has 1 aliphatic rings. The van der Waals surface area contributed by atoms with Crippen molar-refractivity contribution < 1.29 is 19.2 Å². The van der Waals surface area contributed by atoms with E-state index >= 15 is 0 Å². The summed E-state index contributed by atoms with van der Waals surface area (Å²) in [5.74, 6) is -3.70. The predicted molar refractivity (Wildman–Crippen MR) is 91.8 cm³/mol. The van der Waals surface area contributed by atoms with Crippen LogP contribution < -0.4 is 10.6 Å². The molecule has 2 aromatic carbocycles. The van der Waals surface area contributed by atoms with Crippen molar-refractivity contribution in [2.24, 2.45) is 0 Å². The van der Waals surface area contributed by atoms with Gasteiger partial charge in [0.2, 0.25) is 23.1 Å². The first kappa shape index (κ1) is 16.3. The van der Waals surface area contributed by atoms with Gasteiger partial charge in [0.15, 0.2) is 0 Å². The van der Waals surface area contributed by atoms with Crippen molar-refractivity contribution in [3.05, 3.63) is 72.1 Å². The molecule has 1 aliphatic carbocycles. The lowest BCUT2D eigenvalue weighted by Gasteiger charge is -2.19. The summed E-state index contributed by atoms with van der Waals surface area (Å²) < 4.78 is 0. The van der Waals surface area contributed by atoms with E-state index in [0.717, 1.165) is 0 Å². The van der Waals surface area contributed by atoms with E-state index in [9.17, 15) is 19.2 Å². The Balaban J connectivity index is 2.08. The lowest BCUT2D eigenvalue weighted by atomic mass is 9.90. The van der Waals surface area contributed by atoms with Crippen molar-refractivity contribution >= 4 is 34.5 Å². The van der Waals surface area contributed by atoms with E-state index in [0.29, 0.717) is 11.4 Å². The monoisotopic (exact) mass is 334 g/mol. The molecule has 3 rings (SSSR count). The van der Waals surface area contributed by atoms with Crippen LogP contribution in [-0.4, -0.2) is 23.1 Å². The molecule has 6 heteroatoms. The molecule has 6 nitrogen and oxygen atoms in total. The molecule has 0 spiro atoms. The van der Waals surface area contributed by atoms with Crippen LogP contribution in [0, 0.1) is 0 Å². The van der Waals surface area contributed by atoms with Crippen molar-refractivity contribution in [1.82, 2.24) is 0 Å². The molecule has 0 aliphatic heterocycles. The minimum Gasteiger partial charge on any atom is -0.341 e. The Bertz CT molecular complexity index is 815. The predicted octanol–water partition coefficient (Wildman–Crippen LogP) is 2.10. The number of Topliss-reactive ketones (excluding diaryl/α,β-unsaturated/α-hetero) is 4. The summed E-state index contributed by atoms with van der Waals surface area (Å²) in [6, 6.07) is 17.6. The number of rotatable bonds is 4. The SMILES string of the molecule is O=C1CC(=O)C(=O)C(=C(Nc2ccccc2)Nc2ccccc2)C1=O. The van der Waals surface area contributed by atoms with Crippen molar-refractivity contribution in [2.45, 2.75) is 6.42 Å². The average Bonchev–Trinajstić information content (AvgIpc) is 2.62. The van der Waals surface area contributed by atoms with Gasteiger partial charge < -0.3 is 10.6 Å². The summed E-state index contributed by atoms with van der Waals surface area (Å²) in [5, 5.41) is 5.84. The molecule has 2 aromatic rings.